The molecule has 34 heavy (non-hydrogen) atoms. The van der Waals surface area contributed by atoms with Crippen molar-refractivity contribution in [2.75, 3.05) is 26.3 Å². The molecule has 1 aromatic heterocycles. The average molecular weight is 460 g/mol. The first kappa shape index (κ1) is 21.9. The molecule has 0 fully saturated rings. The molecular formula is C26H25N3O5. The van der Waals surface area contributed by atoms with Crippen LogP contribution in [0.3, 0.4) is 0 Å². The Balaban J connectivity index is 1.58. The summed E-state index contributed by atoms with van der Waals surface area (Å²) in [5, 5.41) is 12.5. The van der Waals surface area contributed by atoms with Crippen molar-refractivity contribution in [3.05, 3.63) is 83.2 Å². The number of rotatable bonds is 1. The van der Waals surface area contributed by atoms with Gasteiger partial charge in [-0.05, 0) is 59.9 Å². The van der Waals surface area contributed by atoms with Gasteiger partial charge in [-0.15, -0.1) is 0 Å². The normalized spacial score (nSPS) is 17.6. The van der Waals surface area contributed by atoms with E-state index in [2.05, 4.69) is 10.3 Å². The van der Waals surface area contributed by atoms with Crippen LogP contribution in [0, 0.1) is 0 Å². The molecule has 0 radical (unpaired) electrons. The highest BCUT2D eigenvalue weighted by atomic mass is 16.5. The molecule has 2 amide bonds. The Hall–Kier alpha value is -3.91. The number of hydrogen-bond acceptors (Lipinski definition) is 6. The first-order chi connectivity index (χ1) is 16.6. The standard InChI is InChI=1S/C26H25N3O5/c30-16-24(31)29-9-7-17-11-21-5-6-23(17)25(29)18-3-1-4-20(12-18)33-10-2-8-28-26(32)19-13-22(34-21)15-27-14-19/h1,3-6,11-15,25,30H,2,7-10,16H2,(H,28,32). The van der Waals surface area contributed by atoms with Crippen LogP contribution in [0.2, 0.25) is 0 Å². The van der Waals surface area contributed by atoms with E-state index in [1.165, 1.54) is 6.20 Å². The zero-order valence-electron chi connectivity index (χ0n) is 18.6. The first-order valence-corrected chi connectivity index (χ1v) is 11.3. The lowest BCUT2D eigenvalue weighted by atomic mass is 9.87. The van der Waals surface area contributed by atoms with Crippen LogP contribution in [-0.4, -0.2) is 53.1 Å². The predicted octanol–water partition coefficient (Wildman–Crippen LogP) is 2.85. The molecule has 0 aliphatic carbocycles. The number of ether oxygens (including phenoxy) is 2. The van der Waals surface area contributed by atoms with Gasteiger partial charge in [0.2, 0.25) is 5.91 Å². The number of carbonyl (C=O) groups is 2. The van der Waals surface area contributed by atoms with Crippen LogP contribution in [0.1, 0.15) is 39.5 Å². The Kier molecular flexibility index (Phi) is 6.14. The maximum Gasteiger partial charge on any atom is 0.252 e. The first-order valence-electron chi connectivity index (χ1n) is 11.3. The minimum absolute atomic E-state index is 0.219. The largest absolute Gasteiger partial charge is 0.494 e. The Morgan fingerprint density at radius 2 is 2.03 bits per heavy atom. The number of nitrogens with zero attached hydrogens (tertiary/aromatic N) is 2. The summed E-state index contributed by atoms with van der Waals surface area (Å²) in [7, 11) is 0. The fourth-order valence-electron chi connectivity index (χ4n) is 4.46. The van der Waals surface area contributed by atoms with Crippen molar-refractivity contribution in [1.29, 1.82) is 0 Å². The highest BCUT2D eigenvalue weighted by Gasteiger charge is 2.32. The summed E-state index contributed by atoms with van der Waals surface area (Å²) in [5.74, 6) is 1.24. The Bertz CT molecular complexity index is 1230. The molecule has 1 unspecified atom stereocenters. The van der Waals surface area contributed by atoms with Gasteiger partial charge in [-0.1, -0.05) is 18.2 Å². The van der Waals surface area contributed by atoms with Crippen molar-refractivity contribution in [3.8, 4) is 17.2 Å². The SMILES string of the molecule is O=C1NCCCOc2cccc(c2)C2c3ccc(cc3CCN2C(=O)CO)Oc2cncc1c2. The number of nitrogens with one attached hydrogen (secondary N) is 1. The Morgan fingerprint density at radius 1 is 1.12 bits per heavy atom. The van der Waals surface area contributed by atoms with Gasteiger partial charge in [-0.2, -0.15) is 0 Å². The number of amides is 2. The lowest BCUT2D eigenvalue weighted by Gasteiger charge is -2.37. The maximum absolute atomic E-state index is 12.6. The number of pyridine rings is 1. The number of benzene rings is 2. The van der Waals surface area contributed by atoms with Gasteiger partial charge in [0, 0.05) is 19.3 Å². The van der Waals surface area contributed by atoms with Gasteiger partial charge in [0.15, 0.2) is 0 Å². The van der Waals surface area contributed by atoms with E-state index in [9.17, 15) is 14.7 Å². The number of aliphatic hydroxyl groups excluding tert-OH is 1. The maximum atomic E-state index is 12.6. The number of aromatic nitrogens is 1. The second kappa shape index (κ2) is 9.52. The van der Waals surface area contributed by atoms with E-state index in [1.807, 2.05) is 42.5 Å². The molecule has 3 aliphatic rings. The van der Waals surface area contributed by atoms with Crippen LogP contribution < -0.4 is 14.8 Å². The van der Waals surface area contributed by atoms with Gasteiger partial charge in [-0.25, -0.2) is 0 Å². The molecule has 174 valence electrons. The third kappa shape index (κ3) is 4.45. The lowest BCUT2D eigenvalue weighted by molar-refractivity contribution is -0.136. The van der Waals surface area contributed by atoms with Gasteiger partial charge < -0.3 is 24.8 Å². The van der Waals surface area contributed by atoms with Gasteiger partial charge in [-0.3, -0.25) is 14.6 Å². The van der Waals surface area contributed by atoms with Crippen molar-refractivity contribution in [2.45, 2.75) is 18.9 Å². The molecule has 0 spiro atoms. The van der Waals surface area contributed by atoms with Crippen LogP contribution >= 0.6 is 0 Å². The Morgan fingerprint density at radius 3 is 2.91 bits per heavy atom. The van der Waals surface area contributed by atoms with E-state index in [0.717, 1.165) is 16.7 Å². The van der Waals surface area contributed by atoms with Crippen LogP contribution in [0.5, 0.6) is 17.2 Å². The fourth-order valence-corrected chi connectivity index (χ4v) is 4.46. The molecule has 2 N–H and O–H groups in total. The van der Waals surface area contributed by atoms with Crippen LogP contribution in [0.15, 0.2) is 60.9 Å². The minimum atomic E-state index is -0.543. The van der Waals surface area contributed by atoms with E-state index in [1.54, 1.807) is 17.2 Å². The average Bonchev–Trinajstić information content (AvgIpc) is 2.87. The van der Waals surface area contributed by atoms with Gasteiger partial charge in [0.05, 0.1) is 24.4 Å². The molecule has 6 rings (SSSR count). The Labute approximate surface area is 197 Å². The number of carbonyl (C=O) groups excluding carboxylic acids is 2. The van der Waals surface area contributed by atoms with Gasteiger partial charge in [0.1, 0.15) is 23.9 Å². The van der Waals surface area contributed by atoms with Gasteiger partial charge >= 0.3 is 0 Å². The number of fused-ring (bicyclic) bond motifs is 6. The summed E-state index contributed by atoms with van der Waals surface area (Å²) in [6, 6.07) is 14.7. The highest BCUT2D eigenvalue weighted by Crippen LogP contribution is 2.38. The molecule has 4 heterocycles. The molecule has 0 saturated heterocycles. The van der Waals surface area contributed by atoms with E-state index >= 15 is 0 Å². The van der Waals surface area contributed by atoms with E-state index < -0.39 is 6.61 Å². The fraction of sp³-hybridized carbons (Fsp3) is 0.269. The zero-order valence-corrected chi connectivity index (χ0v) is 18.6. The van der Waals surface area contributed by atoms with E-state index in [4.69, 9.17) is 9.47 Å². The molecule has 8 bridgehead atoms. The molecule has 2 aromatic carbocycles. The van der Waals surface area contributed by atoms with Crippen molar-refractivity contribution < 1.29 is 24.2 Å². The number of hydrogen-bond donors (Lipinski definition) is 2. The van der Waals surface area contributed by atoms with Crippen LogP contribution in [0.4, 0.5) is 0 Å². The smallest absolute Gasteiger partial charge is 0.252 e. The van der Waals surface area contributed by atoms with Crippen LogP contribution in [-0.2, 0) is 11.2 Å². The summed E-state index contributed by atoms with van der Waals surface area (Å²) in [4.78, 5) is 31.0. The predicted molar refractivity (Wildman–Crippen MR) is 124 cm³/mol. The summed E-state index contributed by atoms with van der Waals surface area (Å²) < 4.78 is 12.0. The summed E-state index contributed by atoms with van der Waals surface area (Å²) >= 11 is 0. The van der Waals surface area contributed by atoms with Crippen LogP contribution in [0.25, 0.3) is 0 Å². The lowest BCUT2D eigenvalue weighted by Crippen LogP contribution is -2.42. The monoisotopic (exact) mass is 459 g/mol. The molecule has 1 atom stereocenters. The molecule has 3 aromatic rings. The summed E-state index contributed by atoms with van der Waals surface area (Å²) in [6.07, 6.45) is 4.33. The van der Waals surface area contributed by atoms with Crippen molar-refractivity contribution >= 4 is 11.8 Å². The zero-order chi connectivity index (χ0) is 23.5. The van der Waals surface area contributed by atoms with E-state index in [-0.39, 0.29) is 17.9 Å². The van der Waals surface area contributed by atoms with E-state index in [0.29, 0.717) is 55.4 Å². The summed E-state index contributed by atoms with van der Waals surface area (Å²) in [5.41, 5.74) is 3.35. The molecule has 0 saturated carbocycles. The van der Waals surface area contributed by atoms with Crippen molar-refractivity contribution in [2.24, 2.45) is 0 Å². The second-order valence-electron chi connectivity index (χ2n) is 8.30. The summed E-state index contributed by atoms with van der Waals surface area (Å²) in [6.45, 7) is 0.811. The quantitative estimate of drug-likeness (QED) is 0.580. The van der Waals surface area contributed by atoms with Crippen molar-refractivity contribution in [1.82, 2.24) is 15.2 Å². The third-order valence-electron chi connectivity index (χ3n) is 6.06. The number of aliphatic hydroxyl groups is 1. The second-order valence-corrected chi connectivity index (χ2v) is 8.30. The topological polar surface area (TPSA) is 101 Å². The van der Waals surface area contributed by atoms with Gasteiger partial charge in [0.25, 0.3) is 5.91 Å². The van der Waals surface area contributed by atoms with Crippen molar-refractivity contribution in [3.63, 3.8) is 0 Å². The minimum Gasteiger partial charge on any atom is -0.494 e. The highest BCUT2D eigenvalue weighted by molar-refractivity contribution is 5.94. The molecular weight excluding hydrogens is 434 g/mol. The molecule has 3 aliphatic heterocycles. The molecule has 8 nitrogen and oxygen atoms in total. The molecule has 8 heteroatoms. The third-order valence-corrected chi connectivity index (χ3v) is 6.06.